The molecule has 2 aromatic heterocycles. The molecular formula is C25H25N3S. The number of pyridine rings is 1. The van der Waals surface area contributed by atoms with Crippen molar-refractivity contribution in [3.05, 3.63) is 60.8 Å². The fourth-order valence-corrected chi connectivity index (χ4v) is 6.55. The quantitative estimate of drug-likeness (QED) is 0.457. The largest absolute Gasteiger partial charge is 0.379 e. The molecule has 1 N–H and O–H groups in total. The maximum atomic E-state index is 4.85. The van der Waals surface area contributed by atoms with E-state index in [4.69, 9.17) is 4.98 Å². The molecule has 4 heteroatoms. The van der Waals surface area contributed by atoms with E-state index in [1.54, 1.807) is 0 Å². The van der Waals surface area contributed by atoms with E-state index in [1.807, 2.05) is 17.5 Å². The van der Waals surface area contributed by atoms with Crippen LogP contribution in [0, 0.1) is 5.92 Å². The third-order valence-electron chi connectivity index (χ3n) is 6.95. The molecule has 146 valence electrons. The zero-order valence-corrected chi connectivity index (χ0v) is 17.5. The predicted molar refractivity (Wildman–Crippen MR) is 124 cm³/mol. The summed E-state index contributed by atoms with van der Waals surface area (Å²) in [6.07, 6.45) is 4.66. The minimum absolute atomic E-state index is 0.538. The van der Waals surface area contributed by atoms with E-state index in [0.29, 0.717) is 12.1 Å². The number of benzene rings is 2. The van der Waals surface area contributed by atoms with E-state index in [9.17, 15) is 0 Å². The Hall–Kier alpha value is -2.43. The molecule has 3 nitrogen and oxygen atoms in total. The van der Waals surface area contributed by atoms with Crippen LogP contribution in [0.5, 0.6) is 0 Å². The lowest BCUT2D eigenvalue weighted by molar-refractivity contribution is 0.0458. The first-order chi connectivity index (χ1) is 14.3. The van der Waals surface area contributed by atoms with Crippen LogP contribution in [0.25, 0.3) is 31.4 Å². The number of thiophene rings is 1. The van der Waals surface area contributed by atoms with Gasteiger partial charge in [0, 0.05) is 37.8 Å². The van der Waals surface area contributed by atoms with Gasteiger partial charge in [0.25, 0.3) is 0 Å². The van der Waals surface area contributed by atoms with E-state index < -0.39 is 0 Å². The number of fused-ring (bicyclic) bond motifs is 6. The molecule has 0 radical (unpaired) electrons. The SMILES string of the molecule is C[C@@H]1[C@H](Nc2ccc(-c3cccc4c3sc3ccccc34)nc2)C2CCN1CC2. The smallest absolute Gasteiger partial charge is 0.0718 e. The molecule has 2 atom stereocenters. The van der Waals surface area contributed by atoms with Gasteiger partial charge in [-0.05, 0) is 57.0 Å². The van der Waals surface area contributed by atoms with Crippen molar-refractivity contribution < 1.29 is 0 Å². The van der Waals surface area contributed by atoms with E-state index in [0.717, 1.165) is 17.3 Å². The van der Waals surface area contributed by atoms with E-state index in [-0.39, 0.29) is 0 Å². The molecule has 3 aliphatic rings. The summed E-state index contributed by atoms with van der Waals surface area (Å²) in [5.41, 5.74) is 3.42. The van der Waals surface area contributed by atoms with Gasteiger partial charge in [-0.1, -0.05) is 36.4 Å². The zero-order valence-electron chi connectivity index (χ0n) is 16.6. The summed E-state index contributed by atoms with van der Waals surface area (Å²) >= 11 is 1.86. The molecule has 3 aliphatic heterocycles. The number of hydrogen-bond donors (Lipinski definition) is 1. The van der Waals surface area contributed by atoms with E-state index in [2.05, 4.69) is 71.7 Å². The lowest BCUT2D eigenvalue weighted by Crippen LogP contribution is -2.59. The molecule has 4 aromatic rings. The number of nitrogens with zero attached hydrogens (tertiary/aromatic N) is 2. The van der Waals surface area contributed by atoms with Crippen molar-refractivity contribution in [2.45, 2.75) is 31.8 Å². The Kier molecular flexibility index (Phi) is 4.10. The maximum Gasteiger partial charge on any atom is 0.0718 e. The van der Waals surface area contributed by atoms with Gasteiger partial charge in [-0.25, -0.2) is 0 Å². The fourth-order valence-electron chi connectivity index (χ4n) is 5.33. The normalized spacial score (nSPS) is 26.2. The zero-order chi connectivity index (χ0) is 19.4. The summed E-state index contributed by atoms with van der Waals surface area (Å²) in [7, 11) is 0. The van der Waals surface area contributed by atoms with Gasteiger partial charge in [0.15, 0.2) is 0 Å². The van der Waals surface area contributed by atoms with Crippen LogP contribution in [-0.4, -0.2) is 35.1 Å². The lowest BCUT2D eigenvalue weighted by Gasteiger charge is -2.50. The van der Waals surface area contributed by atoms with Crippen molar-refractivity contribution in [3.63, 3.8) is 0 Å². The minimum Gasteiger partial charge on any atom is -0.379 e. The molecular weight excluding hydrogens is 374 g/mol. The second-order valence-corrected chi connectivity index (χ2v) is 9.55. The van der Waals surface area contributed by atoms with Crippen LogP contribution in [0.3, 0.4) is 0 Å². The predicted octanol–water partition coefficient (Wildman–Crippen LogP) is 6.01. The number of piperidine rings is 3. The standard InChI is InChI=1S/C25H25N3S/c1-16-24(17-11-13-28(16)14-12-17)27-18-9-10-22(26-15-18)21-7-4-6-20-19-5-2-3-8-23(19)29-25(20)21/h2-10,15-17,24,27H,11-14H2,1H3/t16-,24+/m1/s1. The molecule has 0 amide bonds. The van der Waals surface area contributed by atoms with E-state index >= 15 is 0 Å². The Morgan fingerprint density at radius 3 is 2.59 bits per heavy atom. The molecule has 2 bridgehead atoms. The maximum absolute atomic E-state index is 4.85. The summed E-state index contributed by atoms with van der Waals surface area (Å²) in [5, 5.41) is 6.46. The Bertz CT molecular complexity index is 1170. The molecule has 3 fully saturated rings. The van der Waals surface area contributed by atoms with Crippen molar-refractivity contribution in [2.24, 2.45) is 5.92 Å². The first kappa shape index (κ1) is 17.4. The van der Waals surface area contributed by atoms with Crippen LogP contribution in [0.15, 0.2) is 60.8 Å². The van der Waals surface area contributed by atoms with Crippen LogP contribution in [0.2, 0.25) is 0 Å². The summed E-state index contributed by atoms with van der Waals surface area (Å²) in [5.74, 6) is 0.793. The fraction of sp³-hybridized carbons (Fsp3) is 0.320. The number of hydrogen-bond acceptors (Lipinski definition) is 4. The number of anilines is 1. The van der Waals surface area contributed by atoms with Crippen molar-refractivity contribution >= 4 is 37.2 Å². The van der Waals surface area contributed by atoms with Crippen molar-refractivity contribution in [1.29, 1.82) is 0 Å². The van der Waals surface area contributed by atoms with Gasteiger partial charge in [-0.15, -0.1) is 11.3 Å². The number of nitrogens with one attached hydrogen (secondary N) is 1. The Labute approximate surface area is 175 Å². The van der Waals surface area contributed by atoms with Crippen LogP contribution >= 0.6 is 11.3 Å². The Balaban J connectivity index is 1.32. The highest BCUT2D eigenvalue weighted by atomic mass is 32.1. The van der Waals surface area contributed by atoms with Crippen molar-refractivity contribution in [1.82, 2.24) is 9.88 Å². The highest BCUT2D eigenvalue weighted by molar-refractivity contribution is 7.26. The summed E-state index contributed by atoms with van der Waals surface area (Å²) in [6, 6.07) is 20.8. The van der Waals surface area contributed by atoms with Gasteiger partial charge in [-0.3, -0.25) is 9.88 Å². The molecule has 7 rings (SSSR count). The van der Waals surface area contributed by atoms with Crippen molar-refractivity contribution in [2.75, 3.05) is 18.4 Å². The molecule has 29 heavy (non-hydrogen) atoms. The number of rotatable bonds is 3. The molecule has 0 unspecified atom stereocenters. The van der Waals surface area contributed by atoms with Crippen LogP contribution in [0.4, 0.5) is 5.69 Å². The molecule has 3 saturated heterocycles. The van der Waals surface area contributed by atoms with Crippen molar-refractivity contribution in [3.8, 4) is 11.3 Å². The molecule has 5 heterocycles. The van der Waals surface area contributed by atoms with E-state index in [1.165, 1.54) is 51.7 Å². The summed E-state index contributed by atoms with van der Waals surface area (Å²) < 4.78 is 2.66. The van der Waals surface area contributed by atoms with Gasteiger partial charge >= 0.3 is 0 Å². The number of aromatic nitrogens is 1. The highest BCUT2D eigenvalue weighted by Crippen LogP contribution is 2.39. The van der Waals surface area contributed by atoms with Crippen LogP contribution < -0.4 is 5.32 Å². The molecule has 0 spiro atoms. The molecule has 0 saturated carbocycles. The summed E-state index contributed by atoms with van der Waals surface area (Å²) in [6.45, 7) is 4.90. The average Bonchev–Trinajstić information content (AvgIpc) is 3.16. The highest BCUT2D eigenvalue weighted by Gasteiger charge is 2.39. The van der Waals surface area contributed by atoms with Gasteiger partial charge in [-0.2, -0.15) is 0 Å². The van der Waals surface area contributed by atoms with Crippen LogP contribution in [-0.2, 0) is 0 Å². The monoisotopic (exact) mass is 399 g/mol. The second-order valence-electron chi connectivity index (χ2n) is 8.50. The summed E-state index contributed by atoms with van der Waals surface area (Å²) in [4.78, 5) is 7.48. The average molecular weight is 400 g/mol. The van der Waals surface area contributed by atoms with Gasteiger partial charge in [0.05, 0.1) is 17.6 Å². The van der Waals surface area contributed by atoms with Gasteiger partial charge < -0.3 is 5.32 Å². The minimum atomic E-state index is 0.538. The van der Waals surface area contributed by atoms with Crippen LogP contribution in [0.1, 0.15) is 19.8 Å². The molecule has 0 aliphatic carbocycles. The van der Waals surface area contributed by atoms with Gasteiger partial charge in [0.2, 0.25) is 0 Å². The Morgan fingerprint density at radius 1 is 0.966 bits per heavy atom. The third-order valence-corrected chi connectivity index (χ3v) is 8.17. The lowest BCUT2D eigenvalue weighted by atomic mass is 9.79. The first-order valence-corrected chi connectivity index (χ1v) is 11.5. The topological polar surface area (TPSA) is 28.2 Å². The molecule has 2 aromatic carbocycles. The first-order valence-electron chi connectivity index (χ1n) is 10.7. The third kappa shape index (κ3) is 2.85. The Morgan fingerprint density at radius 2 is 1.79 bits per heavy atom. The van der Waals surface area contributed by atoms with Gasteiger partial charge in [0.1, 0.15) is 0 Å². The second kappa shape index (κ2) is 6.82.